The molecule has 2 rings (SSSR count). The molecule has 25 heavy (non-hydrogen) atoms. The van der Waals surface area contributed by atoms with Crippen LogP contribution in [0.3, 0.4) is 0 Å². The fourth-order valence-electron chi connectivity index (χ4n) is 2.39. The topological polar surface area (TPSA) is 87.6 Å². The summed E-state index contributed by atoms with van der Waals surface area (Å²) in [4.78, 5) is 19.2. The van der Waals surface area contributed by atoms with Crippen molar-refractivity contribution in [3.63, 3.8) is 0 Å². The van der Waals surface area contributed by atoms with Gasteiger partial charge in [0.15, 0.2) is 0 Å². The third-order valence-corrected chi connectivity index (χ3v) is 3.62. The molecule has 1 aromatic heterocycles. The lowest BCUT2D eigenvalue weighted by atomic mass is 10.1. The summed E-state index contributed by atoms with van der Waals surface area (Å²) in [5.74, 6) is -1.19. The Kier molecular flexibility index (Phi) is 6.05. The van der Waals surface area contributed by atoms with Crippen molar-refractivity contribution in [3.8, 4) is 0 Å². The first-order valence-corrected chi connectivity index (χ1v) is 7.78. The van der Waals surface area contributed by atoms with E-state index in [1.54, 1.807) is 6.92 Å². The predicted octanol–water partition coefficient (Wildman–Crippen LogP) is 3.06. The van der Waals surface area contributed by atoms with Gasteiger partial charge in [0, 0.05) is 25.2 Å². The molecule has 2 N–H and O–H groups in total. The zero-order chi connectivity index (χ0) is 18.4. The number of alkyl halides is 3. The summed E-state index contributed by atoms with van der Waals surface area (Å²) >= 11 is 0. The van der Waals surface area contributed by atoms with Crippen molar-refractivity contribution in [2.75, 3.05) is 25.0 Å². The molecular weight excluding hydrogens is 341 g/mol. The first-order chi connectivity index (χ1) is 11.8. The lowest BCUT2D eigenvalue weighted by Crippen LogP contribution is -2.41. The first-order valence-electron chi connectivity index (χ1n) is 7.78. The minimum atomic E-state index is -4.67. The molecule has 138 valence electrons. The molecule has 0 unspecified atom stereocenters. The summed E-state index contributed by atoms with van der Waals surface area (Å²) in [7, 11) is 0. The van der Waals surface area contributed by atoms with Gasteiger partial charge in [-0.05, 0) is 25.8 Å². The molecule has 0 radical (unpaired) electrons. The molecule has 0 aromatic carbocycles. The molecule has 0 spiro atoms. The molecule has 1 aliphatic rings. The Morgan fingerprint density at radius 2 is 2.12 bits per heavy atom. The van der Waals surface area contributed by atoms with Crippen molar-refractivity contribution in [1.29, 1.82) is 0 Å². The van der Waals surface area contributed by atoms with E-state index in [1.807, 2.05) is 0 Å². The lowest BCUT2D eigenvalue weighted by Gasteiger charge is -2.30. The quantitative estimate of drug-likeness (QED) is 0.785. The molecule has 1 aliphatic heterocycles. The van der Waals surface area contributed by atoms with Crippen LogP contribution in [0.4, 0.5) is 23.8 Å². The first kappa shape index (κ1) is 18.8. The summed E-state index contributed by atoms with van der Waals surface area (Å²) in [6.45, 7) is 2.78. The minimum absolute atomic E-state index is 0.0484. The van der Waals surface area contributed by atoms with Crippen LogP contribution in [0.1, 0.15) is 31.3 Å². The molecular formula is C15H19F3N4O3. The van der Waals surface area contributed by atoms with E-state index >= 15 is 0 Å². The Hall–Kier alpha value is -2.52. The third-order valence-electron chi connectivity index (χ3n) is 3.62. The number of ether oxygens (including phenoxy) is 1. The van der Waals surface area contributed by atoms with Gasteiger partial charge in [-0.1, -0.05) is 0 Å². The molecule has 0 saturated carbocycles. The Balaban J connectivity index is 2.13. The van der Waals surface area contributed by atoms with Crippen molar-refractivity contribution < 1.29 is 27.8 Å². The Morgan fingerprint density at radius 3 is 2.68 bits per heavy atom. The van der Waals surface area contributed by atoms with Crippen molar-refractivity contribution in [3.05, 3.63) is 23.8 Å². The highest BCUT2D eigenvalue weighted by Gasteiger charge is 2.35. The maximum absolute atomic E-state index is 13.0. The maximum Gasteiger partial charge on any atom is 0.451 e. The van der Waals surface area contributed by atoms with E-state index in [2.05, 4.69) is 15.3 Å². The van der Waals surface area contributed by atoms with E-state index < -0.39 is 18.1 Å². The van der Waals surface area contributed by atoms with Gasteiger partial charge in [0.1, 0.15) is 5.82 Å². The second-order valence-electron chi connectivity index (χ2n) is 5.45. The molecule has 0 bridgehead atoms. The smallest absolute Gasteiger partial charge is 0.451 e. The number of carboxylic acid groups (broad SMARTS) is 1. The van der Waals surface area contributed by atoms with E-state index in [4.69, 9.17) is 9.84 Å². The second kappa shape index (κ2) is 8.04. The molecule has 2 heterocycles. The van der Waals surface area contributed by atoms with Crippen LogP contribution in [0.2, 0.25) is 0 Å². The molecule has 0 aliphatic carbocycles. The van der Waals surface area contributed by atoms with Gasteiger partial charge < -0.3 is 20.1 Å². The number of hydrogen-bond donors (Lipinski definition) is 2. The standard InChI is InChI=1S/C15H19F3N4O3/c1-2-25-8-5-11-9-12(21-13(20-11)15(16,17)18)19-10-3-6-22(7-4-10)14(23)24/h5,8-10H,2-4,6-7H2,1H3,(H,23,24)(H,19,20,21). The van der Waals surface area contributed by atoms with Gasteiger partial charge in [0.05, 0.1) is 18.6 Å². The van der Waals surface area contributed by atoms with Crippen molar-refractivity contribution in [2.24, 2.45) is 0 Å². The summed E-state index contributed by atoms with van der Waals surface area (Å²) < 4.78 is 43.9. The Labute approximate surface area is 142 Å². The van der Waals surface area contributed by atoms with Gasteiger partial charge in [0.2, 0.25) is 5.82 Å². The van der Waals surface area contributed by atoms with Crippen LogP contribution >= 0.6 is 0 Å². The van der Waals surface area contributed by atoms with Gasteiger partial charge in [-0.3, -0.25) is 0 Å². The number of amides is 1. The van der Waals surface area contributed by atoms with Gasteiger partial charge in [0.25, 0.3) is 0 Å². The van der Waals surface area contributed by atoms with Crippen LogP contribution in [-0.2, 0) is 10.9 Å². The molecule has 7 nitrogen and oxygen atoms in total. The second-order valence-corrected chi connectivity index (χ2v) is 5.45. The summed E-state index contributed by atoms with van der Waals surface area (Å²) in [5, 5.41) is 11.9. The molecule has 1 saturated heterocycles. The fraction of sp³-hybridized carbons (Fsp3) is 0.533. The normalized spacial score (nSPS) is 16.2. The molecule has 10 heteroatoms. The van der Waals surface area contributed by atoms with Gasteiger partial charge >= 0.3 is 12.3 Å². The molecule has 0 atom stereocenters. The monoisotopic (exact) mass is 360 g/mol. The van der Waals surface area contributed by atoms with Crippen molar-refractivity contribution in [2.45, 2.75) is 32.0 Å². The third kappa shape index (κ3) is 5.50. The number of piperidine rings is 1. The van der Waals surface area contributed by atoms with Crippen LogP contribution in [0, 0.1) is 0 Å². The summed E-state index contributed by atoms with van der Waals surface area (Å²) in [6.07, 6.45) is -2.08. The van der Waals surface area contributed by atoms with Crippen molar-refractivity contribution >= 4 is 18.0 Å². The number of likely N-dealkylation sites (tertiary alicyclic amines) is 1. The Bertz CT molecular complexity index is 629. The minimum Gasteiger partial charge on any atom is -0.501 e. The number of rotatable bonds is 5. The van der Waals surface area contributed by atoms with Crippen LogP contribution in [0.15, 0.2) is 12.3 Å². The summed E-state index contributed by atoms with van der Waals surface area (Å²) in [6, 6.07) is 1.24. The zero-order valence-electron chi connectivity index (χ0n) is 13.6. The summed E-state index contributed by atoms with van der Waals surface area (Å²) in [5.41, 5.74) is 0.0706. The van der Waals surface area contributed by atoms with Crippen molar-refractivity contribution in [1.82, 2.24) is 14.9 Å². The van der Waals surface area contributed by atoms with E-state index in [9.17, 15) is 18.0 Å². The largest absolute Gasteiger partial charge is 0.501 e. The highest BCUT2D eigenvalue weighted by atomic mass is 19.4. The average molecular weight is 360 g/mol. The zero-order valence-corrected chi connectivity index (χ0v) is 13.6. The Morgan fingerprint density at radius 1 is 1.44 bits per heavy atom. The maximum atomic E-state index is 13.0. The van der Waals surface area contributed by atoms with Crippen LogP contribution in [0.25, 0.3) is 6.08 Å². The highest BCUT2D eigenvalue weighted by molar-refractivity contribution is 5.65. The van der Waals surface area contributed by atoms with Gasteiger partial charge in [-0.2, -0.15) is 13.2 Å². The molecule has 1 aromatic rings. The number of halogens is 3. The van der Waals surface area contributed by atoms with Crippen LogP contribution in [-0.4, -0.2) is 51.8 Å². The number of nitrogens with zero attached hydrogens (tertiary/aromatic N) is 3. The number of anilines is 1. The lowest BCUT2D eigenvalue weighted by molar-refractivity contribution is -0.144. The van der Waals surface area contributed by atoms with E-state index in [0.717, 1.165) is 0 Å². The predicted molar refractivity (Wildman–Crippen MR) is 83.9 cm³/mol. The molecule has 1 amide bonds. The van der Waals surface area contributed by atoms with Crippen LogP contribution in [0.5, 0.6) is 0 Å². The average Bonchev–Trinajstić information content (AvgIpc) is 2.54. The number of nitrogens with one attached hydrogen (secondary N) is 1. The van der Waals surface area contributed by atoms with E-state index in [0.29, 0.717) is 32.5 Å². The van der Waals surface area contributed by atoms with Gasteiger partial charge in [-0.15, -0.1) is 0 Å². The number of carbonyl (C=O) groups is 1. The molecule has 1 fully saturated rings. The van der Waals surface area contributed by atoms with E-state index in [-0.39, 0.29) is 17.6 Å². The van der Waals surface area contributed by atoms with Crippen LogP contribution < -0.4 is 5.32 Å². The highest BCUT2D eigenvalue weighted by Crippen LogP contribution is 2.28. The fourth-order valence-corrected chi connectivity index (χ4v) is 2.39. The van der Waals surface area contributed by atoms with E-state index in [1.165, 1.54) is 23.3 Å². The number of hydrogen-bond acceptors (Lipinski definition) is 5. The van der Waals surface area contributed by atoms with Gasteiger partial charge in [-0.25, -0.2) is 14.8 Å². The SMILES string of the molecule is CCOC=Cc1cc(NC2CCN(C(=O)O)CC2)nc(C(F)(F)F)n1. The number of aromatic nitrogens is 2.